The number of carbonyl (C=O) groups is 2. The summed E-state index contributed by atoms with van der Waals surface area (Å²) in [5.41, 5.74) is 5.51. The first-order valence-corrected chi connectivity index (χ1v) is 10.4. The summed E-state index contributed by atoms with van der Waals surface area (Å²) >= 11 is 5.84. The van der Waals surface area contributed by atoms with Crippen molar-refractivity contribution < 1.29 is 23.8 Å². The van der Waals surface area contributed by atoms with E-state index in [-0.39, 0.29) is 12.4 Å². The highest BCUT2D eigenvalue weighted by Gasteiger charge is 2.13. The van der Waals surface area contributed by atoms with Gasteiger partial charge in [0.1, 0.15) is 5.75 Å². The third-order valence-corrected chi connectivity index (χ3v) is 4.69. The molecule has 3 aromatic rings. The van der Waals surface area contributed by atoms with Gasteiger partial charge in [0, 0.05) is 5.02 Å². The van der Waals surface area contributed by atoms with E-state index in [0.717, 1.165) is 11.1 Å². The zero-order valence-corrected chi connectivity index (χ0v) is 19.2. The number of hydrogen-bond acceptors (Lipinski definition) is 6. The summed E-state index contributed by atoms with van der Waals surface area (Å²) in [5, 5.41) is 4.46. The Labute approximate surface area is 196 Å². The van der Waals surface area contributed by atoms with E-state index < -0.39 is 11.9 Å². The van der Waals surface area contributed by atoms with Crippen molar-refractivity contribution in [1.82, 2.24) is 5.43 Å². The summed E-state index contributed by atoms with van der Waals surface area (Å²) in [6.07, 6.45) is 1.45. The van der Waals surface area contributed by atoms with Gasteiger partial charge >= 0.3 is 5.97 Å². The molecule has 0 aliphatic heterocycles. The highest BCUT2D eigenvalue weighted by Crippen LogP contribution is 2.28. The topological polar surface area (TPSA) is 86.2 Å². The molecule has 0 heterocycles. The number of benzene rings is 3. The van der Waals surface area contributed by atoms with Crippen LogP contribution in [0, 0.1) is 13.8 Å². The molecule has 1 N–H and O–H groups in total. The van der Waals surface area contributed by atoms with Gasteiger partial charge in [-0.2, -0.15) is 5.10 Å². The molecule has 0 spiro atoms. The number of rotatable bonds is 8. The van der Waals surface area contributed by atoms with Gasteiger partial charge in [0.2, 0.25) is 0 Å². The van der Waals surface area contributed by atoms with Crippen LogP contribution >= 0.6 is 11.6 Å². The zero-order valence-electron chi connectivity index (χ0n) is 18.4. The van der Waals surface area contributed by atoms with Crippen LogP contribution in [0.3, 0.4) is 0 Å². The minimum absolute atomic E-state index is 0.164. The Hall–Kier alpha value is -3.84. The van der Waals surface area contributed by atoms with E-state index in [0.29, 0.717) is 27.6 Å². The van der Waals surface area contributed by atoms with E-state index in [1.807, 2.05) is 32.0 Å². The Morgan fingerprint density at radius 3 is 2.33 bits per heavy atom. The Kier molecular flexibility index (Phi) is 8.05. The van der Waals surface area contributed by atoms with Gasteiger partial charge in [-0.25, -0.2) is 10.2 Å². The van der Waals surface area contributed by atoms with E-state index in [9.17, 15) is 9.59 Å². The number of hydrazone groups is 1. The van der Waals surface area contributed by atoms with Crippen molar-refractivity contribution in [3.8, 4) is 17.2 Å². The minimum atomic E-state index is -0.539. The van der Waals surface area contributed by atoms with Crippen LogP contribution in [0.5, 0.6) is 17.2 Å². The summed E-state index contributed by atoms with van der Waals surface area (Å²) in [4.78, 5) is 24.3. The van der Waals surface area contributed by atoms with Gasteiger partial charge in [0.15, 0.2) is 18.1 Å². The number of hydrogen-bond donors (Lipinski definition) is 1. The second kappa shape index (κ2) is 11.2. The van der Waals surface area contributed by atoms with Gasteiger partial charge in [0.25, 0.3) is 5.91 Å². The number of amides is 1. The molecule has 33 heavy (non-hydrogen) atoms. The fourth-order valence-corrected chi connectivity index (χ4v) is 3.10. The molecule has 0 unspecified atom stereocenters. The summed E-state index contributed by atoms with van der Waals surface area (Å²) < 4.78 is 16.2. The van der Waals surface area contributed by atoms with Gasteiger partial charge in [-0.3, -0.25) is 4.79 Å². The molecule has 0 aliphatic rings. The van der Waals surface area contributed by atoms with Crippen molar-refractivity contribution in [3.63, 3.8) is 0 Å². The SMILES string of the molecule is COc1cc(/C=N\NC(=O)COc2cc(C)cc(C)c2)ccc1OC(=O)c1ccc(Cl)cc1. The fourth-order valence-electron chi connectivity index (χ4n) is 2.97. The standard InChI is InChI=1S/C25H23ClN2O5/c1-16-10-17(2)12-21(11-16)32-15-24(29)28-27-14-18-4-9-22(23(13-18)31-3)33-25(30)19-5-7-20(26)8-6-19/h4-14H,15H2,1-3H3,(H,28,29)/b27-14-. The zero-order chi connectivity index (χ0) is 23.8. The first kappa shape index (κ1) is 23.8. The number of nitrogens with zero attached hydrogens (tertiary/aromatic N) is 1. The average molecular weight is 467 g/mol. The molecular weight excluding hydrogens is 444 g/mol. The van der Waals surface area contributed by atoms with Crippen molar-refractivity contribution in [2.75, 3.05) is 13.7 Å². The normalized spacial score (nSPS) is 10.7. The number of halogens is 1. The molecule has 0 saturated carbocycles. The molecular formula is C25H23ClN2O5. The van der Waals surface area contributed by atoms with Crippen LogP contribution < -0.4 is 19.6 Å². The largest absolute Gasteiger partial charge is 0.493 e. The van der Waals surface area contributed by atoms with E-state index in [1.54, 1.807) is 42.5 Å². The minimum Gasteiger partial charge on any atom is -0.493 e. The number of aryl methyl sites for hydroxylation is 2. The molecule has 7 nitrogen and oxygen atoms in total. The van der Waals surface area contributed by atoms with Crippen LogP contribution in [0.25, 0.3) is 0 Å². The number of ether oxygens (including phenoxy) is 3. The Balaban J connectivity index is 1.56. The molecule has 0 aliphatic carbocycles. The second-order valence-corrected chi connectivity index (χ2v) is 7.65. The van der Waals surface area contributed by atoms with Gasteiger partial charge in [0.05, 0.1) is 18.9 Å². The number of carbonyl (C=O) groups excluding carboxylic acids is 2. The average Bonchev–Trinajstić information content (AvgIpc) is 2.78. The lowest BCUT2D eigenvalue weighted by Crippen LogP contribution is -2.24. The van der Waals surface area contributed by atoms with E-state index in [2.05, 4.69) is 10.5 Å². The Morgan fingerprint density at radius 1 is 0.970 bits per heavy atom. The van der Waals surface area contributed by atoms with Crippen LogP contribution in [-0.2, 0) is 4.79 Å². The Morgan fingerprint density at radius 2 is 1.67 bits per heavy atom. The predicted octanol–water partition coefficient (Wildman–Crippen LogP) is 4.71. The second-order valence-electron chi connectivity index (χ2n) is 7.21. The third kappa shape index (κ3) is 7.08. The van der Waals surface area contributed by atoms with Crippen molar-refractivity contribution >= 4 is 29.7 Å². The summed E-state index contributed by atoms with van der Waals surface area (Å²) in [6.45, 7) is 3.76. The molecule has 3 aromatic carbocycles. The molecule has 0 saturated heterocycles. The van der Waals surface area contributed by atoms with Crippen LogP contribution in [0.1, 0.15) is 27.0 Å². The summed E-state index contributed by atoms with van der Waals surface area (Å²) in [7, 11) is 1.46. The quantitative estimate of drug-likeness (QED) is 0.225. The molecule has 0 fully saturated rings. The summed E-state index contributed by atoms with van der Waals surface area (Å²) in [5.74, 6) is 0.277. The first-order chi connectivity index (χ1) is 15.8. The molecule has 1 amide bonds. The Bertz CT molecular complexity index is 1160. The first-order valence-electron chi connectivity index (χ1n) is 10.0. The molecule has 3 rings (SSSR count). The van der Waals surface area contributed by atoms with Gasteiger partial charge in [-0.05, 0) is 85.1 Å². The monoisotopic (exact) mass is 466 g/mol. The van der Waals surface area contributed by atoms with Gasteiger partial charge in [-0.15, -0.1) is 0 Å². The molecule has 0 radical (unpaired) electrons. The van der Waals surface area contributed by atoms with Crippen molar-refractivity contribution in [2.45, 2.75) is 13.8 Å². The van der Waals surface area contributed by atoms with Crippen molar-refractivity contribution in [1.29, 1.82) is 0 Å². The molecule has 0 bridgehead atoms. The highest BCUT2D eigenvalue weighted by molar-refractivity contribution is 6.30. The van der Waals surface area contributed by atoms with E-state index >= 15 is 0 Å². The fraction of sp³-hybridized carbons (Fsp3) is 0.160. The smallest absolute Gasteiger partial charge is 0.343 e. The number of esters is 1. The maximum Gasteiger partial charge on any atom is 0.343 e. The van der Waals surface area contributed by atoms with Gasteiger partial charge < -0.3 is 14.2 Å². The van der Waals surface area contributed by atoms with Gasteiger partial charge in [-0.1, -0.05) is 17.7 Å². The predicted molar refractivity (Wildman–Crippen MR) is 127 cm³/mol. The van der Waals surface area contributed by atoms with Crippen LogP contribution in [0.4, 0.5) is 0 Å². The lowest BCUT2D eigenvalue weighted by molar-refractivity contribution is -0.123. The maximum atomic E-state index is 12.3. The highest BCUT2D eigenvalue weighted by atomic mass is 35.5. The number of nitrogens with one attached hydrogen (secondary N) is 1. The van der Waals surface area contributed by atoms with Crippen LogP contribution in [-0.4, -0.2) is 31.8 Å². The third-order valence-electron chi connectivity index (χ3n) is 4.44. The van der Waals surface area contributed by atoms with Crippen LogP contribution in [0.15, 0.2) is 65.8 Å². The van der Waals surface area contributed by atoms with E-state index in [1.165, 1.54) is 13.3 Å². The molecule has 8 heteroatoms. The van der Waals surface area contributed by atoms with E-state index in [4.69, 9.17) is 25.8 Å². The molecule has 0 atom stereocenters. The lowest BCUT2D eigenvalue weighted by Gasteiger charge is -2.10. The molecule has 0 aromatic heterocycles. The lowest BCUT2D eigenvalue weighted by atomic mass is 10.1. The van der Waals surface area contributed by atoms with Crippen LogP contribution in [0.2, 0.25) is 5.02 Å². The number of methoxy groups -OCH3 is 1. The molecule has 170 valence electrons. The summed E-state index contributed by atoms with van der Waals surface area (Å²) in [6, 6.07) is 17.0. The van der Waals surface area contributed by atoms with Crippen molar-refractivity contribution in [3.05, 3.63) is 87.9 Å². The maximum absolute atomic E-state index is 12.3. The van der Waals surface area contributed by atoms with Crippen molar-refractivity contribution in [2.24, 2.45) is 5.10 Å².